The Bertz CT molecular complexity index is 440. The number of nitrogens with zero attached hydrogens (tertiary/aromatic N) is 1. The van der Waals surface area contributed by atoms with Crippen molar-refractivity contribution in [3.8, 4) is 0 Å². The van der Waals surface area contributed by atoms with E-state index in [1.807, 2.05) is 0 Å². The SMILES string of the molecule is Cc1c(C[C@H](CO)CF)n(C)c(=O)[nH]c1=O. The minimum atomic E-state index is -0.684. The van der Waals surface area contributed by atoms with Crippen LogP contribution in [0.5, 0.6) is 0 Å². The second-order valence-electron chi connectivity index (χ2n) is 3.80. The maximum Gasteiger partial charge on any atom is 0.328 e. The number of aliphatic hydroxyl groups excluding tert-OH is 1. The van der Waals surface area contributed by atoms with Gasteiger partial charge in [0.1, 0.15) is 0 Å². The van der Waals surface area contributed by atoms with Crippen LogP contribution in [-0.2, 0) is 13.5 Å². The molecule has 0 saturated carbocycles. The third kappa shape index (κ3) is 2.38. The van der Waals surface area contributed by atoms with Crippen molar-refractivity contribution in [1.29, 1.82) is 0 Å². The summed E-state index contributed by atoms with van der Waals surface area (Å²) in [7, 11) is 1.51. The number of hydrogen-bond donors (Lipinski definition) is 2. The van der Waals surface area contributed by atoms with Crippen LogP contribution < -0.4 is 11.2 Å². The maximum absolute atomic E-state index is 12.5. The van der Waals surface area contributed by atoms with E-state index >= 15 is 0 Å². The smallest absolute Gasteiger partial charge is 0.328 e. The molecule has 0 aliphatic carbocycles. The van der Waals surface area contributed by atoms with Crippen molar-refractivity contribution < 1.29 is 9.50 Å². The molecule has 6 heteroatoms. The van der Waals surface area contributed by atoms with Gasteiger partial charge in [0.05, 0.1) is 6.67 Å². The molecule has 1 aromatic rings. The van der Waals surface area contributed by atoms with E-state index in [0.29, 0.717) is 11.3 Å². The molecule has 1 rings (SSSR count). The van der Waals surface area contributed by atoms with Crippen LogP contribution in [0.2, 0.25) is 0 Å². The Balaban J connectivity index is 3.22. The molecule has 2 N–H and O–H groups in total. The predicted molar refractivity (Wildman–Crippen MR) is 57.3 cm³/mol. The number of aromatic amines is 1. The van der Waals surface area contributed by atoms with Crippen LogP contribution in [0.1, 0.15) is 11.3 Å². The fourth-order valence-corrected chi connectivity index (χ4v) is 1.51. The number of H-pyrrole nitrogens is 1. The molecule has 1 aromatic heterocycles. The summed E-state index contributed by atoms with van der Waals surface area (Å²) < 4.78 is 13.7. The summed E-state index contributed by atoms with van der Waals surface area (Å²) in [6, 6.07) is 0. The summed E-state index contributed by atoms with van der Waals surface area (Å²) in [5, 5.41) is 8.89. The highest BCUT2D eigenvalue weighted by atomic mass is 19.1. The van der Waals surface area contributed by atoms with Crippen LogP contribution in [0, 0.1) is 12.8 Å². The van der Waals surface area contributed by atoms with Crippen LogP contribution in [0.25, 0.3) is 0 Å². The first kappa shape index (κ1) is 12.6. The molecule has 0 saturated heterocycles. The van der Waals surface area contributed by atoms with E-state index in [-0.39, 0.29) is 13.0 Å². The molecular formula is C10H15FN2O3. The molecule has 1 atom stereocenters. The van der Waals surface area contributed by atoms with Crippen molar-refractivity contribution in [2.24, 2.45) is 13.0 Å². The highest BCUT2D eigenvalue weighted by molar-refractivity contribution is 5.16. The Morgan fingerprint density at radius 1 is 1.50 bits per heavy atom. The molecule has 0 bridgehead atoms. The highest BCUT2D eigenvalue weighted by Crippen LogP contribution is 2.08. The van der Waals surface area contributed by atoms with Crippen LogP contribution in [0.4, 0.5) is 4.39 Å². The number of halogens is 1. The molecule has 0 amide bonds. The quantitative estimate of drug-likeness (QED) is 0.732. The molecule has 0 fully saturated rings. The lowest BCUT2D eigenvalue weighted by Gasteiger charge is -2.14. The summed E-state index contributed by atoms with van der Waals surface area (Å²) in [6.07, 6.45) is 0.175. The van der Waals surface area contributed by atoms with Gasteiger partial charge < -0.3 is 9.67 Å². The minimum absolute atomic E-state index is 0.175. The normalized spacial score (nSPS) is 12.8. The van der Waals surface area contributed by atoms with E-state index < -0.39 is 23.8 Å². The van der Waals surface area contributed by atoms with Gasteiger partial charge in [-0.2, -0.15) is 0 Å². The molecule has 90 valence electrons. The third-order valence-corrected chi connectivity index (χ3v) is 2.66. The van der Waals surface area contributed by atoms with Gasteiger partial charge in [0.15, 0.2) is 0 Å². The van der Waals surface area contributed by atoms with Crippen LogP contribution >= 0.6 is 0 Å². The van der Waals surface area contributed by atoms with E-state index in [0.717, 1.165) is 0 Å². The van der Waals surface area contributed by atoms with Gasteiger partial charge in [-0.15, -0.1) is 0 Å². The Morgan fingerprint density at radius 3 is 2.62 bits per heavy atom. The molecule has 16 heavy (non-hydrogen) atoms. The molecule has 1 heterocycles. The Labute approximate surface area is 91.6 Å². The number of aromatic nitrogens is 2. The van der Waals surface area contributed by atoms with Gasteiger partial charge in [0.2, 0.25) is 0 Å². The van der Waals surface area contributed by atoms with Crippen LogP contribution in [0.15, 0.2) is 9.59 Å². The lowest BCUT2D eigenvalue weighted by atomic mass is 10.0. The minimum Gasteiger partial charge on any atom is -0.396 e. The monoisotopic (exact) mass is 230 g/mol. The lowest BCUT2D eigenvalue weighted by Crippen LogP contribution is -2.34. The fourth-order valence-electron chi connectivity index (χ4n) is 1.51. The van der Waals surface area contributed by atoms with Crippen molar-refractivity contribution in [3.05, 3.63) is 32.1 Å². The average Bonchev–Trinajstić information content (AvgIpc) is 2.27. The van der Waals surface area contributed by atoms with Gasteiger partial charge in [-0.3, -0.25) is 14.2 Å². The molecule has 0 aliphatic rings. The molecule has 0 aliphatic heterocycles. The molecule has 0 radical (unpaired) electrons. The van der Waals surface area contributed by atoms with Gasteiger partial charge in [-0.05, 0) is 13.3 Å². The Morgan fingerprint density at radius 2 is 2.12 bits per heavy atom. The van der Waals surface area contributed by atoms with Crippen molar-refractivity contribution in [2.45, 2.75) is 13.3 Å². The van der Waals surface area contributed by atoms with E-state index in [1.54, 1.807) is 6.92 Å². The zero-order chi connectivity index (χ0) is 12.3. The van der Waals surface area contributed by atoms with Crippen molar-refractivity contribution in [2.75, 3.05) is 13.3 Å². The van der Waals surface area contributed by atoms with Gasteiger partial charge in [-0.25, -0.2) is 4.79 Å². The molecule has 0 aromatic carbocycles. The van der Waals surface area contributed by atoms with E-state index in [1.165, 1.54) is 11.6 Å². The first-order valence-corrected chi connectivity index (χ1v) is 4.96. The summed E-state index contributed by atoms with van der Waals surface area (Å²) >= 11 is 0. The number of hydrogen-bond acceptors (Lipinski definition) is 3. The van der Waals surface area contributed by atoms with Gasteiger partial charge in [0.25, 0.3) is 5.56 Å². The first-order chi connectivity index (χ1) is 7.51. The number of rotatable bonds is 4. The average molecular weight is 230 g/mol. The van der Waals surface area contributed by atoms with Gasteiger partial charge in [-0.1, -0.05) is 0 Å². The van der Waals surface area contributed by atoms with Gasteiger partial charge in [0, 0.05) is 30.8 Å². The molecule has 5 nitrogen and oxygen atoms in total. The molecule has 0 spiro atoms. The summed E-state index contributed by atoms with van der Waals surface area (Å²) in [6.45, 7) is 0.578. The van der Waals surface area contributed by atoms with Crippen LogP contribution in [0.3, 0.4) is 0 Å². The second kappa shape index (κ2) is 5.07. The number of nitrogens with one attached hydrogen (secondary N) is 1. The maximum atomic E-state index is 12.5. The van der Waals surface area contributed by atoms with Crippen molar-refractivity contribution in [3.63, 3.8) is 0 Å². The van der Waals surface area contributed by atoms with Crippen molar-refractivity contribution >= 4 is 0 Å². The highest BCUT2D eigenvalue weighted by Gasteiger charge is 2.14. The zero-order valence-electron chi connectivity index (χ0n) is 9.29. The summed E-state index contributed by atoms with van der Waals surface area (Å²) in [5.41, 5.74) is -0.144. The Hall–Kier alpha value is -1.43. The van der Waals surface area contributed by atoms with Crippen LogP contribution in [-0.4, -0.2) is 27.9 Å². The zero-order valence-corrected chi connectivity index (χ0v) is 9.29. The van der Waals surface area contributed by atoms with E-state index in [2.05, 4.69) is 4.98 Å². The first-order valence-electron chi connectivity index (χ1n) is 4.96. The molecule has 0 unspecified atom stereocenters. The van der Waals surface area contributed by atoms with E-state index in [9.17, 15) is 14.0 Å². The van der Waals surface area contributed by atoms with Crippen molar-refractivity contribution in [1.82, 2.24) is 9.55 Å². The fraction of sp³-hybridized carbons (Fsp3) is 0.600. The predicted octanol–water partition coefficient (Wildman–Crippen LogP) is -0.497. The summed E-state index contributed by atoms with van der Waals surface area (Å²) in [4.78, 5) is 24.8. The van der Waals surface area contributed by atoms with E-state index in [4.69, 9.17) is 5.11 Å². The lowest BCUT2D eigenvalue weighted by molar-refractivity contribution is 0.195. The standard InChI is InChI=1S/C10H15FN2O3/c1-6-8(3-7(4-11)5-14)13(2)10(16)12-9(6)15/h7,14H,3-5H2,1-2H3,(H,12,15,16)/t7-/m0/s1. The number of alkyl halides is 1. The third-order valence-electron chi connectivity index (χ3n) is 2.66. The topological polar surface area (TPSA) is 75.1 Å². The Kier molecular flexibility index (Phi) is 4.00. The largest absolute Gasteiger partial charge is 0.396 e. The number of aliphatic hydroxyl groups is 1. The van der Waals surface area contributed by atoms with Gasteiger partial charge >= 0.3 is 5.69 Å². The molecular weight excluding hydrogens is 215 g/mol. The second-order valence-corrected chi connectivity index (χ2v) is 3.80. The summed E-state index contributed by atoms with van der Waals surface area (Å²) in [5.74, 6) is -0.578.